The predicted octanol–water partition coefficient (Wildman–Crippen LogP) is 1.84. The molecule has 0 radical (unpaired) electrons. The summed E-state index contributed by atoms with van der Waals surface area (Å²) in [4.78, 5) is 14.1. The minimum Gasteiger partial charge on any atom is -0.352 e. The Kier molecular flexibility index (Phi) is 9.88. The zero-order valence-electron chi connectivity index (χ0n) is 13.4. The Labute approximate surface area is 119 Å². The summed E-state index contributed by atoms with van der Waals surface area (Å²) in [7, 11) is 4.09. The lowest BCUT2D eigenvalue weighted by atomic mass is 10.0. The number of carbonyl (C=O) groups is 1. The zero-order chi connectivity index (χ0) is 14.8. The summed E-state index contributed by atoms with van der Waals surface area (Å²) in [6.07, 6.45) is 3.57. The molecule has 0 aromatic carbocycles. The van der Waals surface area contributed by atoms with Gasteiger partial charge in [0.15, 0.2) is 0 Å². The van der Waals surface area contributed by atoms with Gasteiger partial charge in [-0.05, 0) is 51.7 Å². The number of hydrogen-bond donors (Lipinski definition) is 2. The van der Waals surface area contributed by atoms with E-state index >= 15 is 0 Å². The first-order valence-electron chi connectivity index (χ1n) is 7.49. The molecule has 0 heterocycles. The zero-order valence-corrected chi connectivity index (χ0v) is 13.4. The van der Waals surface area contributed by atoms with E-state index in [9.17, 15) is 4.79 Å². The van der Waals surface area contributed by atoms with Crippen LogP contribution in [0.1, 0.15) is 46.5 Å². The summed E-state index contributed by atoms with van der Waals surface area (Å²) in [5.74, 6) is 1.31. The van der Waals surface area contributed by atoms with Gasteiger partial charge in [0.1, 0.15) is 0 Å². The molecule has 0 saturated heterocycles. The quantitative estimate of drug-likeness (QED) is 0.637. The molecular formula is C15H33N3O. The van der Waals surface area contributed by atoms with E-state index in [4.69, 9.17) is 5.73 Å². The van der Waals surface area contributed by atoms with Crippen LogP contribution in [0.2, 0.25) is 0 Å². The number of amides is 1. The maximum absolute atomic E-state index is 12.0. The van der Waals surface area contributed by atoms with Crippen LogP contribution in [-0.2, 0) is 4.79 Å². The lowest BCUT2D eigenvalue weighted by Crippen LogP contribution is -2.42. The Morgan fingerprint density at radius 3 is 2.32 bits per heavy atom. The highest BCUT2D eigenvalue weighted by Gasteiger charge is 2.15. The molecule has 0 fully saturated rings. The second-order valence-electron chi connectivity index (χ2n) is 6.38. The van der Waals surface area contributed by atoms with Crippen LogP contribution in [0.4, 0.5) is 0 Å². The monoisotopic (exact) mass is 271 g/mol. The Balaban J connectivity index is 4.07. The number of nitrogens with two attached hydrogens (primary N) is 1. The summed E-state index contributed by atoms with van der Waals surface area (Å²) < 4.78 is 0. The number of carbonyl (C=O) groups excluding carboxylic acids is 1. The largest absolute Gasteiger partial charge is 0.352 e. The van der Waals surface area contributed by atoms with Gasteiger partial charge >= 0.3 is 0 Å². The Hall–Kier alpha value is -0.610. The highest BCUT2D eigenvalue weighted by atomic mass is 16.1. The van der Waals surface area contributed by atoms with E-state index in [0.717, 1.165) is 25.8 Å². The third-order valence-electron chi connectivity index (χ3n) is 3.23. The molecule has 4 heteroatoms. The SMILES string of the molecule is CC(C)CC(CN(C)C)NC(=O)CCC(C)CCN. The van der Waals surface area contributed by atoms with Gasteiger partial charge in [-0.3, -0.25) is 4.79 Å². The Morgan fingerprint density at radius 1 is 1.21 bits per heavy atom. The molecule has 0 aliphatic rings. The van der Waals surface area contributed by atoms with Crippen molar-refractivity contribution in [2.24, 2.45) is 17.6 Å². The maximum Gasteiger partial charge on any atom is 0.220 e. The van der Waals surface area contributed by atoms with Gasteiger partial charge in [0.2, 0.25) is 5.91 Å². The fourth-order valence-electron chi connectivity index (χ4n) is 2.30. The van der Waals surface area contributed by atoms with Crippen molar-refractivity contribution in [3.8, 4) is 0 Å². The second-order valence-corrected chi connectivity index (χ2v) is 6.38. The molecule has 1 amide bonds. The predicted molar refractivity (Wildman–Crippen MR) is 82.0 cm³/mol. The molecule has 114 valence electrons. The fraction of sp³-hybridized carbons (Fsp3) is 0.933. The van der Waals surface area contributed by atoms with Crippen molar-refractivity contribution in [2.45, 2.75) is 52.5 Å². The standard InChI is InChI=1S/C15H33N3O/c1-12(2)10-14(11-18(4)5)17-15(19)7-6-13(3)8-9-16/h12-14H,6-11,16H2,1-5H3,(H,17,19). The number of nitrogens with zero attached hydrogens (tertiary/aromatic N) is 1. The molecule has 0 saturated carbocycles. The van der Waals surface area contributed by atoms with Gasteiger partial charge in [-0.15, -0.1) is 0 Å². The number of nitrogens with one attached hydrogen (secondary N) is 1. The van der Waals surface area contributed by atoms with Crippen molar-refractivity contribution in [3.05, 3.63) is 0 Å². The number of rotatable bonds is 10. The van der Waals surface area contributed by atoms with Gasteiger partial charge in [0.25, 0.3) is 0 Å². The van der Waals surface area contributed by atoms with Gasteiger partial charge in [-0.2, -0.15) is 0 Å². The van der Waals surface area contributed by atoms with Crippen molar-refractivity contribution in [3.63, 3.8) is 0 Å². The first-order chi connectivity index (χ1) is 8.85. The molecule has 0 rings (SSSR count). The van der Waals surface area contributed by atoms with Crippen LogP contribution in [0.25, 0.3) is 0 Å². The fourth-order valence-corrected chi connectivity index (χ4v) is 2.30. The third-order valence-corrected chi connectivity index (χ3v) is 3.23. The summed E-state index contributed by atoms with van der Waals surface area (Å²) in [6.45, 7) is 8.16. The molecule has 4 nitrogen and oxygen atoms in total. The van der Waals surface area contributed by atoms with E-state index < -0.39 is 0 Å². The minimum atomic E-state index is 0.177. The van der Waals surface area contributed by atoms with E-state index in [0.29, 0.717) is 24.8 Å². The number of likely N-dealkylation sites (N-methyl/N-ethyl adjacent to an activating group) is 1. The minimum absolute atomic E-state index is 0.177. The Morgan fingerprint density at radius 2 is 1.84 bits per heavy atom. The first-order valence-corrected chi connectivity index (χ1v) is 7.49. The van der Waals surface area contributed by atoms with E-state index in [-0.39, 0.29) is 11.9 Å². The lowest BCUT2D eigenvalue weighted by Gasteiger charge is -2.24. The van der Waals surface area contributed by atoms with Crippen LogP contribution < -0.4 is 11.1 Å². The van der Waals surface area contributed by atoms with Crippen LogP contribution in [0.3, 0.4) is 0 Å². The molecule has 0 aromatic rings. The van der Waals surface area contributed by atoms with E-state index in [1.807, 2.05) is 14.1 Å². The van der Waals surface area contributed by atoms with Gasteiger partial charge in [-0.1, -0.05) is 20.8 Å². The molecule has 2 unspecified atom stereocenters. The van der Waals surface area contributed by atoms with Gasteiger partial charge in [0.05, 0.1) is 0 Å². The van der Waals surface area contributed by atoms with Crippen LogP contribution in [0, 0.1) is 11.8 Å². The van der Waals surface area contributed by atoms with E-state index in [1.54, 1.807) is 0 Å². The highest BCUT2D eigenvalue weighted by molar-refractivity contribution is 5.76. The van der Waals surface area contributed by atoms with Crippen molar-refractivity contribution < 1.29 is 4.79 Å². The summed E-state index contributed by atoms with van der Waals surface area (Å²) in [5, 5.41) is 3.17. The topological polar surface area (TPSA) is 58.4 Å². The molecular weight excluding hydrogens is 238 g/mol. The molecule has 2 atom stereocenters. The molecule has 0 bridgehead atoms. The van der Waals surface area contributed by atoms with Crippen LogP contribution >= 0.6 is 0 Å². The molecule has 0 aliphatic heterocycles. The van der Waals surface area contributed by atoms with E-state index in [1.165, 1.54) is 0 Å². The molecule has 0 spiro atoms. The van der Waals surface area contributed by atoms with Gasteiger partial charge in [0, 0.05) is 19.0 Å². The summed E-state index contributed by atoms with van der Waals surface area (Å²) in [5.41, 5.74) is 5.52. The normalized spacial score (nSPS) is 14.7. The lowest BCUT2D eigenvalue weighted by molar-refractivity contribution is -0.122. The highest BCUT2D eigenvalue weighted by Crippen LogP contribution is 2.10. The Bertz CT molecular complexity index is 232. The van der Waals surface area contributed by atoms with Crippen molar-refractivity contribution >= 4 is 5.91 Å². The van der Waals surface area contributed by atoms with Crippen molar-refractivity contribution in [1.82, 2.24) is 10.2 Å². The maximum atomic E-state index is 12.0. The van der Waals surface area contributed by atoms with Crippen LogP contribution in [0.15, 0.2) is 0 Å². The molecule has 0 aliphatic carbocycles. The average Bonchev–Trinajstić information content (AvgIpc) is 2.24. The number of hydrogen-bond acceptors (Lipinski definition) is 3. The molecule has 0 aromatic heterocycles. The van der Waals surface area contributed by atoms with Gasteiger partial charge < -0.3 is 16.0 Å². The molecule has 19 heavy (non-hydrogen) atoms. The average molecular weight is 271 g/mol. The van der Waals surface area contributed by atoms with Gasteiger partial charge in [-0.25, -0.2) is 0 Å². The van der Waals surface area contributed by atoms with Crippen molar-refractivity contribution in [2.75, 3.05) is 27.2 Å². The summed E-state index contributed by atoms with van der Waals surface area (Å²) >= 11 is 0. The second kappa shape index (κ2) is 10.2. The third kappa shape index (κ3) is 11.0. The van der Waals surface area contributed by atoms with E-state index in [2.05, 4.69) is 31.0 Å². The van der Waals surface area contributed by atoms with Crippen LogP contribution in [0.5, 0.6) is 0 Å². The summed E-state index contributed by atoms with van der Waals surface area (Å²) in [6, 6.07) is 0.257. The van der Waals surface area contributed by atoms with Crippen molar-refractivity contribution in [1.29, 1.82) is 0 Å². The molecule has 3 N–H and O–H groups in total. The first kappa shape index (κ1) is 18.4. The van der Waals surface area contributed by atoms with Crippen LogP contribution in [-0.4, -0.2) is 44.0 Å². The smallest absolute Gasteiger partial charge is 0.220 e.